The molecule has 1 aliphatic rings. The van der Waals surface area contributed by atoms with Crippen molar-refractivity contribution in [3.63, 3.8) is 0 Å². The van der Waals surface area contributed by atoms with E-state index in [4.69, 9.17) is 0 Å². The van der Waals surface area contributed by atoms with Gasteiger partial charge >= 0.3 is 0 Å². The molecule has 0 aliphatic carbocycles. The molecule has 2 aromatic carbocycles. The zero-order valence-corrected chi connectivity index (χ0v) is 10.2. The Morgan fingerprint density at radius 3 is 2.72 bits per heavy atom. The molecule has 0 atom stereocenters. The molecular formula is C13H10F2N2S. The number of rotatable bonds is 1. The molecule has 0 bridgehead atoms. The summed E-state index contributed by atoms with van der Waals surface area (Å²) < 4.78 is 31.7. The van der Waals surface area contributed by atoms with Crippen molar-refractivity contribution >= 4 is 23.5 Å². The summed E-state index contributed by atoms with van der Waals surface area (Å²) in [5, 5.41) is 0. The molecule has 1 N–H and O–H groups in total. The van der Waals surface area contributed by atoms with Crippen LogP contribution in [0, 0.1) is 11.6 Å². The van der Waals surface area contributed by atoms with Crippen LogP contribution in [0.25, 0.3) is 0 Å². The molecule has 0 amide bonds. The van der Waals surface area contributed by atoms with E-state index in [0.717, 1.165) is 11.3 Å². The third-order valence-corrected chi connectivity index (χ3v) is 3.60. The molecule has 0 fully saturated rings. The quantitative estimate of drug-likeness (QED) is 0.789. The van der Waals surface area contributed by atoms with Gasteiger partial charge < -0.3 is 0 Å². The number of hydrogen-bond donors (Lipinski definition) is 1. The van der Waals surface area contributed by atoms with Gasteiger partial charge in [-0.15, -0.1) is 0 Å². The molecule has 2 aromatic rings. The van der Waals surface area contributed by atoms with Crippen molar-refractivity contribution in [1.29, 1.82) is 0 Å². The van der Waals surface area contributed by atoms with Crippen molar-refractivity contribution in [2.75, 3.05) is 4.31 Å². The van der Waals surface area contributed by atoms with Crippen molar-refractivity contribution in [3.05, 3.63) is 59.7 Å². The molecular weight excluding hydrogens is 254 g/mol. The SMILES string of the molecule is Fc1ccc2c(c1)CNSN2c1ccccc1F. The van der Waals surface area contributed by atoms with Gasteiger partial charge in [0, 0.05) is 18.7 Å². The fraction of sp³-hybridized carbons (Fsp3) is 0.0769. The number of nitrogens with one attached hydrogen (secondary N) is 1. The lowest BCUT2D eigenvalue weighted by Gasteiger charge is -2.30. The average Bonchev–Trinajstić information content (AvgIpc) is 2.38. The third kappa shape index (κ3) is 1.95. The van der Waals surface area contributed by atoms with Crippen LogP contribution in [-0.4, -0.2) is 0 Å². The van der Waals surface area contributed by atoms with Gasteiger partial charge in [-0.2, -0.15) is 0 Å². The minimum atomic E-state index is -0.302. The second kappa shape index (κ2) is 4.59. The first kappa shape index (κ1) is 11.5. The van der Waals surface area contributed by atoms with E-state index in [9.17, 15) is 8.78 Å². The van der Waals surface area contributed by atoms with Crippen LogP contribution in [0.4, 0.5) is 20.2 Å². The van der Waals surface area contributed by atoms with E-state index in [1.807, 2.05) is 0 Å². The van der Waals surface area contributed by atoms with Gasteiger partial charge in [-0.05, 0) is 35.9 Å². The second-order valence-corrected chi connectivity index (χ2v) is 4.77. The summed E-state index contributed by atoms with van der Waals surface area (Å²) in [6.07, 6.45) is 0. The third-order valence-electron chi connectivity index (χ3n) is 2.75. The summed E-state index contributed by atoms with van der Waals surface area (Å²) in [6, 6.07) is 11.1. The highest BCUT2D eigenvalue weighted by Crippen LogP contribution is 2.38. The van der Waals surface area contributed by atoms with Gasteiger partial charge in [-0.1, -0.05) is 12.1 Å². The van der Waals surface area contributed by atoms with Gasteiger partial charge in [0.05, 0.1) is 11.4 Å². The summed E-state index contributed by atoms with van der Waals surface area (Å²) in [4.78, 5) is 0. The van der Waals surface area contributed by atoms with E-state index in [0.29, 0.717) is 12.2 Å². The van der Waals surface area contributed by atoms with E-state index in [1.54, 1.807) is 28.6 Å². The minimum absolute atomic E-state index is 0.282. The molecule has 2 nitrogen and oxygen atoms in total. The normalized spacial score (nSPS) is 14.4. The van der Waals surface area contributed by atoms with Crippen LogP contribution >= 0.6 is 12.1 Å². The first-order valence-electron chi connectivity index (χ1n) is 5.48. The second-order valence-electron chi connectivity index (χ2n) is 3.93. The predicted molar refractivity (Wildman–Crippen MR) is 69.4 cm³/mol. The molecule has 0 saturated heterocycles. The molecule has 0 radical (unpaired) electrons. The zero-order valence-electron chi connectivity index (χ0n) is 9.36. The number of anilines is 2. The lowest BCUT2D eigenvalue weighted by Crippen LogP contribution is -2.23. The van der Waals surface area contributed by atoms with E-state index >= 15 is 0 Å². The number of fused-ring (bicyclic) bond motifs is 1. The topological polar surface area (TPSA) is 15.3 Å². The molecule has 5 heteroatoms. The van der Waals surface area contributed by atoms with Gasteiger partial charge in [0.1, 0.15) is 11.6 Å². The number of hydrogen-bond acceptors (Lipinski definition) is 3. The minimum Gasteiger partial charge on any atom is -0.268 e. The van der Waals surface area contributed by atoms with Crippen LogP contribution in [-0.2, 0) is 6.54 Å². The lowest BCUT2D eigenvalue weighted by molar-refractivity contribution is 0.624. The smallest absolute Gasteiger partial charge is 0.147 e. The monoisotopic (exact) mass is 264 g/mol. The first-order chi connectivity index (χ1) is 8.75. The highest BCUT2D eigenvalue weighted by atomic mass is 32.2. The van der Waals surface area contributed by atoms with Crippen LogP contribution in [0.2, 0.25) is 0 Å². The van der Waals surface area contributed by atoms with Crippen molar-refractivity contribution in [3.8, 4) is 0 Å². The summed E-state index contributed by atoms with van der Waals surface area (Å²) in [6.45, 7) is 0.558. The number of nitrogens with zero attached hydrogens (tertiary/aromatic N) is 1. The largest absolute Gasteiger partial charge is 0.268 e. The Kier molecular flexibility index (Phi) is 2.93. The van der Waals surface area contributed by atoms with E-state index in [2.05, 4.69) is 4.72 Å². The zero-order chi connectivity index (χ0) is 12.5. The fourth-order valence-corrected chi connectivity index (χ4v) is 2.78. The summed E-state index contributed by atoms with van der Waals surface area (Å²) in [5.41, 5.74) is 2.09. The fourth-order valence-electron chi connectivity index (χ4n) is 1.91. The summed E-state index contributed by atoms with van der Waals surface area (Å²) >= 11 is 1.30. The van der Waals surface area contributed by atoms with Gasteiger partial charge in [0.25, 0.3) is 0 Å². The van der Waals surface area contributed by atoms with E-state index < -0.39 is 0 Å². The van der Waals surface area contributed by atoms with Gasteiger partial charge in [-0.3, -0.25) is 4.31 Å². The van der Waals surface area contributed by atoms with Crippen molar-refractivity contribution in [2.24, 2.45) is 0 Å². The van der Waals surface area contributed by atoms with Crippen LogP contribution in [0.3, 0.4) is 0 Å². The van der Waals surface area contributed by atoms with Crippen LogP contribution < -0.4 is 9.03 Å². The lowest BCUT2D eigenvalue weighted by atomic mass is 10.1. The van der Waals surface area contributed by atoms with Crippen molar-refractivity contribution in [1.82, 2.24) is 4.72 Å². The van der Waals surface area contributed by atoms with E-state index in [-0.39, 0.29) is 11.6 Å². The molecule has 1 heterocycles. The molecule has 0 unspecified atom stereocenters. The van der Waals surface area contributed by atoms with Gasteiger partial charge in [-0.25, -0.2) is 13.5 Å². The highest BCUT2D eigenvalue weighted by Gasteiger charge is 2.21. The Morgan fingerprint density at radius 2 is 1.89 bits per heavy atom. The summed E-state index contributed by atoms with van der Waals surface area (Å²) in [7, 11) is 0. The van der Waals surface area contributed by atoms with Crippen molar-refractivity contribution in [2.45, 2.75) is 6.54 Å². The van der Waals surface area contributed by atoms with Gasteiger partial charge in [0.15, 0.2) is 0 Å². The molecule has 0 spiro atoms. The maximum absolute atomic E-state index is 13.8. The molecule has 1 aliphatic heterocycles. The van der Waals surface area contributed by atoms with Crippen LogP contribution in [0.15, 0.2) is 42.5 Å². The molecule has 18 heavy (non-hydrogen) atoms. The Labute approximate surface area is 108 Å². The Hall–Kier alpha value is -1.59. The van der Waals surface area contributed by atoms with Gasteiger partial charge in [0.2, 0.25) is 0 Å². The first-order valence-corrected chi connectivity index (χ1v) is 6.26. The average molecular weight is 264 g/mol. The Bertz CT molecular complexity index is 589. The number of benzene rings is 2. The van der Waals surface area contributed by atoms with Crippen molar-refractivity contribution < 1.29 is 8.78 Å². The summed E-state index contributed by atoms with van der Waals surface area (Å²) in [5.74, 6) is -0.583. The Balaban J connectivity index is 2.09. The maximum Gasteiger partial charge on any atom is 0.147 e. The molecule has 92 valence electrons. The molecule has 3 rings (SSSR count). The highest BCUT2D eigenvalue weighted by molar-refractivity contribution is 7.99. The molecule has 0 saturated carbocycles. The van der Waals surface area contributed by atoms with Crippen LogP contribution in [0.5, 0.6) is 0 Å². The maximum atomic E-state index is 13.8. The van der Waals surface area contributed by atoms with E-state index in [1.165, 1.54) is 30.3 Å². The van der Waals surface area contributed by atoms with Crippen LogP contribution in [0.1, 0.15) is 5.56 Å². The number of para-hydroxylation sites is 1. The predicted octanol–water partition coefficient (Wildman–Crippen LogP) is 3.77. The number of halogens is 2. The molecule has 0 aromatic heterocycles. The standard InChI is InChI=1S/C13H10F2N2S/c14-10-5-6-12-9(7-10)8-16-18-17(12)13-4-2-1-3-11(13)15/h1-7,16H,8H2. The Morgan fingerprint density at radius 1 is 1.06 bits per heavy atom.